The van der Waals surface area contributed by atoms with Crippen molar-refractivity contribution in [1.29, 1.82) is 0 Å². The van der Waals surface area contributed by atoms with Crippen LogP contribution in [-0.2, 0) is 20.8 Å². The summed E-state index contributed by atoms with van der Waals surface area (Å²) in [6.45, 7) is 13.7. The van der Waals surface area contributed by atoms with Crippen molar-refractivity contribution in [3.05, 3.63) is 64.3 Å². The summed E-state index contributed by atoms with van der Waals surface area (Å²) in [7, 11) is 0. The molecule has 34 heavy (non-hydrogen) atoms. The summed E-state index contributed by atoms with van der Waals surface area (Å²) < 4.78 is 11.8. The molecule has 0 aliphatic carbocycles. The second-order valence-corrected chi connectivity index (χ2v) is 10.4. The molecule has 1 fully saturated rings. The Bertz CT molecular complexity index is 1180. The van der Waals surface area contributed by atoms with Gasteiger partial charge in [0.1, 0.15) is 6.10 Å². The minimum absolute atomic E-state index is 0.0236. The minimum atomic E-state index is -0.678. The van der Waals surface area contributed by atoms with E-state index in [2.05, 4.69) is 23.1 Å². The molecule has 0 N–H and O–H groups in total. The van der Waals surface area contributed by atoms with E-state index in [-0.39, 0.29) is 5.78 Å². The second-order valence-electron chi connectivity index (χ2n) is 9.97. The molecular weight excluding hydrogens is 448 g/mol. The lowest BCUT2D eigenvalue weighted by Gasteiger charge is -2.29. The number of carbonyl (C=O) groups excluding carboxylic acids is 1. The first-order chi connectivity index (χ1) is 16.1. The number of ketones is 1. The summed E-state index contributed by atoms with van der Waals surface area (Å²) in [5, 5.41) is 1.67. The first kappa shape index (κ1) is 24.8. The fourth-order valence-corrected chi connectivity index (χ4v) is 4.63. The molecule has 0 saturated carbocycles. The number of aryl methyl sites for hydroxylation is 1. The maximum absolute atomic E-state index is 12.8. The zero-order valence-corrected chi connectivity index (χ0v) is 21.4. The van der Waals surface area contributed by atoms with Crippen LogP contribution < -0.4 is 0 Å². The molecule has 0 amide bonds. The molecule has 1 aromatic heterocycles. The molecule has 2 aromatic carbocycles. The van der Waals surface area contributed by atoms with E-state index in [9.17, 15) is 4.79 Å². The summed E-state index contributed by atoms with van der Waals surface area (Å²) in [4.78, 5) is 20.2. The van der Waals surface area contributed by atoms with E-state index in [4.69, 9.17) is 26.1 Å². The van der Waals surface area contributed by atoms with Crippen LogP contribution in [0.15, 0.2) is 42.5 Å². The van der Waals surface area contributed by atoms with Crippen molar-refractivity contribution in [3.8, 4) is 11.1 Å². The van der Waals surface area contributed by atoms with Gasteiger partial charge in [0.25, 0.3) is 0 Å². The van der Waals surface area contributed by atoms with Crippen LogP contribution in [0.2, 0.25) is 5.02 Å². The Morgan fingerprint density at radius 1 is 1.15 bits per heavy atom. The number of Topliss-reactive ketones (excluding diaryl/α,β-unsaturated/α-hetero) is 1. The van der Waals surface area contributed by atoms with Gasteiger partial charge in [-0.3, -0.25) is 14.7 Å². The van der Waals surface area contributed by atoms with E-state index >= 15 is 0 Å². The number of hydrogen-bond acceptors (Lipinski definition) is 5. The molecule has 1 aliphatic rings. The van der Waals surface area contributed by atoms with Gasteiger partial charge < -0.3 is 9.47 Å². The van der Waals surface area contributed by atoms with E-state index in [1.807, 2.05) is 52.0 Å². The van der Waals surface area contributed by atoms with Crippen molar-refractivity contribution < 1.29 is 14.3 Å². The molecule has 0 bridgehead atoms. The molecule has 1 aliphatic heterocycles. The third-order valence-corrected chi connectivity index (χ3v) is 6.28. The summed E-state index contributed by atoms with van der Waals surface area (Å²) in [6.07, 6.45) is -0.678. The van der Waals surface area contributed by atoms with Gasteiger partial charge in [0.05, 0.1) is 30.0 Å². The molecule has 2 heterocycles. The number of ether oxygens (including phenoxy) is 2. The number of nitrogens with zero attached hydrogens (tertiary/aromatic N) is 2. The van der Waals surface area contributed by atoms with Crippen molar-refractivity contribution in [1.82, 2.24) is 9.88 Å². The predicted octanol–water partition coefficient (Wildman–Crippen LogP) is 6.14. The first-order valence-electron chi connectivity index (χ1n) is 11.8. The van der Waals surface area contributed by atoms with Gasteiger partial charge in [-0.05, 0) is 81.1 Å². The number of halogens is 1. The average Bonchev–Trinajstić information content (AvgIpc) is 2.77. The van der Waals surface area contributed by atoms with E-state index in [1.54, 1.807) is 6.92 Å². The number of hydrogen-bond donors (Lipinski definition) is 0. The maximum Gasteiger partial charge on any atom is 0.163 e. The Balaban J connectivity index is 1.89. The third kappa shape index (κ3) is 5.66. The van der Waals surface area contributed by atoms with Crippen LogP contribution in [0.5, 0.6) is 0 Å². The topological polar surface area (TPSA) is 51.7 Å². The van der Waals surface area contributed by atoms with Crippen LogP contribution in [0.25, 0.3) is 22.0 Å². The molecule has 0 radical (unpaired) electrons. The monoisotopic (exact) mass is 480 g/mol. The molecule has 180 valence electrons. The molecule has 4 rings (SSSR count). The summed E-state index contributed by atoms with van der Waals surface area (Å²) in [5.41, 5.74) is 5.29. The molecule has 6 heteroatoms. The fourth-order valence-electron chi connectivity index (χ4n) is 4.50. The van der Waals surface area contributed by atoms with Crippen LogP contribution in [0.3, 0.4) is 0 Å². The van der Waals surface area contributed by atoms with Crippen molar-refractivity contribution in [2.75, 3.05) is 26.3 Å². The number of benzene rings is 2. The van der Waals surface area contributed by atoms with Gasteiger partial charge >= 0.3 is 0 Å². The van der Waals surface area contributed by atoms with Crippen molar-refractivity contribution in [2.45, 2.75) is 52.9 Å². The number of rotatable bonds is 6. The molecular formula is C28H33ClN2O3. The van der Waals surface area contributed by atoms with Gasteiger partial charge in [0.15, 0.2) is 5.78 Å². The predicted molar refractivity (Wildman–Crippen MR) is 137 cm³/mol. The van der Waals surface area contributed by atoms with Crippen LogP contribution >= 0.6 is 11.6 Å². The highest BCUT2D eigenvalue weighted by Gasteiger charge is 2.29. The number of aromatic nitrogens is 1. The summed E-state index contributed by atoms with van der Waals surface area (Å²) >= 11 is 6.20. The lowest BCUT2D eigenvalue weighted by atomic mass is 9.87. The second kappa shape index (κ2) is 10.1. The van der Waals surface area contributed by atoms with Crippen molar-refractivity contribution >= 4 is 28.3 Å². The van der Waals surface area contributed by atoms with Gasteiger partial charge in [0, 0.05) is 30.0 Å². The maximum atomic E-state index is 12.8. The molecule has 5 nitrogen and oxygen atoms in total. The third-order valence-electron chi connectivity index (χ3n) is 6.02. The lowest BCUT2D eigenvalue weighted by molar-refractivity contribution is -0.138. The Kier molecular flexibility index (Phi) is 7.39. The van der Waals surface area contributed by atoms with Gasteiger partial charge in [-0.25, -0.2) is 0 Å². The van der Waals surface area contributed by atoms with Crippen LogP contribution in [0, 0.1) is 6.92 Å². The highest BCUT2D eigenvalue weighted by Crippen LogP contribution is 2.40. The van der Waals surface area contributed by atoms with Crippen LogP contribution in [0.4, 0.5) is 0 Å². The fraction of sp³-hybridized carbons (Fsp3) is 0.429. The highest BCUT2D eigenvalue weighted by atomic mass is 35.5. The molecule has 0 spiro atoms. The largest absolute Gasteiger partial charge is 0.379 e. The Labute approximate surface area is 207 Å². The van der Waals surface area contributed by atoms with E-state index < -0.39 is 11.7 Å². The quantitative estimate of drug-likeness (QED) is 0.424. The van der Waals surface area contributed by atoms with E-state index in [1.165, 1.54) is 0 Å². The molecule has 1 saturated heterocycles. The van der Waals surface area contributed by atoms with E-state index in [0.717, 1.165) is 71.7 Å². The molecule has 3 aromatic rings. The standard InChI is InChI=1S/C28H33ClN2O3/c1-18-16-24-23(11-10-22(30-24)17-31-12-14-33-15-13-31)26(20-6-8-21(29)9-7-20)25(18)27(19(2)32)34-28(3,4)5/h6-11,16,27H,12-15,17H2,1-5H3/t27-/m1/s1. The zero-order valence-electron chi connectivity index (χ0n) is 20.7. The summed E-state index contributed by atoms with van der Waals surface area (Å²) in [5.74, 6) is -0.0236. The van der Waals surface area contributed by atoms with Gasteiger partial charge in [-0.1, -0.05) is 29.8 Å². The van der Waals surface area contributed by atoms with Crippen molar-refractivity contribution in [3.63, 3.8) is 0 Å². The SMILES string of the molecule is CC(=O)[C@@H](OC(C)(C)C)c1c(C)cc2nc(CN3CCOCC3)ccc2c1-c1ccc(Cl)cc1. The van der Waals surface area contributed by atoms with Crippen LogP contribution in [-0.4, -0.2) is 47.6 Å². The first-order valence-corrected chi connectivity index (χ1v) is 12.2. The highest BCUT2D eigenvalue weighted by molar-refractivity contribution is 6.30. The number of pyridine rings is 1. The Morgan fingerprint density at radius 2 is 1.82 bits per heavy atom. The Morgan fingerprint density at radius 3 is 2.44 bits per heavy atom. The number of fused-ring (bicyclic) bond motifs is 1. The number of morpholine rings is 1. The Hall–Kier alpha value is -2.31. The number of carbonyl (C=O) groups is 1. The zero-order chi connectivity index (χ0) is 24.5. The smallest absolute Gasteiger partial charge is 0.163 e. The van der Waals surface area contributed by atoms with Gasteiger partial charge in [0.2, 0.25) is 0 Å². The van der Waals surface area contributed by atoms with Crippen molar-refractivity contribution in [2.24, 2.45) is 0 Å². The lowest BCUT2D eigenvalue weighted by Crippen LogP contribution is -2.35. The van der Waals surface area contributed by atoms with Gasteiger partial charge in [-0.2, -0.15) is 0 Å². The average molecular weight is 481 g/mol. The van der Waals surface area contributed by atoms with E-state index in [0.29, 0.717) is 5.02 Å². The molecule has 0 unspecified atom stereocenters. The summed E-state index contributed by atoms with van der Waals surface area (Å²) in [6, 6.07) is 14.0. The minimum Gasteiger partial charge on any atom is -0.379 e. The molecule has 1 atom stereocenters. The van der Waals surface area contributed by atoms with Gasteiger partial charge in [-0.15, -0.1) is 0 Å². The normalized spacial score (nSPS) is 16.1. The van der Waals surface area contributed by atoms with Crippen LogP contribution in [0.1, 0.15) is 50.6 Å².